The van der Waals surface area contributed by atoms with Gasteiger partial charge in [0, 0.05) is 23.0 Å². The molecular weight excluding hydrogens is 416 g/mol. The van der Waals surface area contributed by atoms with E-state index in [2.05, 4.69) is 9.50 Å². The zero-order valence-corrected chi connectivity index (χ0v) is 17.0. The van der Waals surface area contributed by atoms with Crippen LogP contribution in [0, 0.1) is 0 Å². The zero-order chi connectivity index (χ0) is 21.8. The topological polar surface area (TPSA) is 97.1 Å². The zero-order valence-electron chi connectivity index (χ0n) is 16.2. The normalized spacial score (nSPS) is 11.9. The highest BCUT2D eigenvalue weighted by Gasteiger charge is 2.24. The summed E-state index contributed by atoms with van der Waals surface area (Å²) < 4.78 is 25.6. The molecule has 0 radical (unpaired) electrons. The smallest absolute Gasteiger partial charge is 0.302 e. The predicted octanol–water partition coefficient (Wildman–Crippen LogP) is 4.08. The molecule has 1 amide bonds. The van der Waals surface area contributed by atoms with Crippen LogP contribution in [0.25, 0.3) is 16.6 Å². The fourth-order valence-electron chi connectivity index (χ4n) is 3.29. The number of aromatic nitrogens is 1. The van der Waals surface area contributed by atoms with Gasteiger partial charge in [-0.05, 0) is 41.5 Å². The van der Waals surface area contributed by atoms with E-state index in [0.717, 1.165) is 11.1 Å². The number of hydrogen-bond acceptors (Lipinski definition) is 4. The summed E-state index contributed by atoms with van der Waals surface area (Å²) in [5.74, 6) is -1.42. The van der Waals surface area contributed by atoms with Crippen molar-refractivity contribution in [2.45, 2.75) is 6.61 Å². The van der Waals surface area contributed by atoms with Gasteiger partial charge in [-0.1, -0.05) is 48.5 Å². The molecule has 0 saturated heterocycles. The van der Waals surface area contributed by atoms with Crippen molar-refractivity contribution in [3.63, 3.8) is 0 Å². The second-order valence-corrected chi connectivity index (χ2v) is 7.40. The minimum Gasteiger partial charge on any atom is -0.319 e. The molecule has 0 aliphatic rings. The number of carbonyl (C=O) groups is 2. The maximum absolute atomic E-state index is 13.1. The molecule has 0 aliphatic heterocycles. The molecule has 2 aromatic heterocycles. The standard InChI is InChI=1S/C23H18N2O5S/c26-22(23(27)24-18-11-9-16(10-12-18)15-30-31(28)29)21-20(17-6-2-1-3-7-17)14-19-8-4-5-13-25(19)21/h1-14H,15H2,(H,24,27)(H,28,29). The van der Waals surface area contributed by atoms with Gasteiger partial charge in [-0.3, -0.25) is 18.3 Å². The number of anilines is 1. The first-order valence-electron chi connectivity index (χ1n) is 9.37. The molecule has 31 heavy (non-hydrogen) atoms. The number of Topliss-reactive ketones (excluding diaryl/α,β-unsaturated/α-hetero) is 1. The molecule has 0 spiro atoms. The van der Waals surface area contributed by atoms with Crippen molar-refractivity contribution in [2.24, 2.45) is 0 Å². The Morgan fingerprint density at radius 2 is 1.68 bits per heavy atom. The lowest BCUT2D eigenvalue weighted by atomic mass is 10.0. The van der Waals surface area contributed by atoms with Crippen LogP contribution in [0.4, 0.5) is 5.69 Å². The first-order valence-corrected chi connectivity index (χ1v) is 10.4. The van der Waals surface area contributed by atoms with Crippen LogP contribution in [0.2, 0.25) is 0 Å². The Hall–Kier alpha value is -3.59. The molecule has 2 N–H and O–H groups in total. The molecule has 2 heterocycles. The van der Waals surface area contributed by atoms with Crippen molar-refractivity contribution < 1.29 is 22.5 Å². The summed E-state index contributed by atoms with van der Waals surface area (Å²) in [6.07, 6.45) is 1.75. The molecule has 1 unspecified atom stereocenters. The van der Waals surface area contributed by atoms with Gasteiger partial charge in [0.05, 0.1) is 6.61 Å². The van der Waals surface area contributed by atoms with Gasteiger partial charge >= 0.3 is 11.4 Å². The highest BCUT2D eigenvalue weighted by Crippen LogP contribution is 2.28. The Kier molecular flexibility index (Phi) is 6.03. The van der Waals surface area contributed by atoms with E-state index in [9.17, 15) is 13.8 Å². The summed E-state index contributed by atoms with van der Waals surface area (Å²) in [5.41, 5.74) is 3.69. The van der Waals surface area contributed by atoms with E-state index in [4.69, 9.17) is 4.55 Å². The van der Waals surface area contributed by atoms with Crippen molar-refractivity contribution in [3.05, 3.63) is 96.3 Å². The maximum atomic E-state index is 13.1. The lowest BCUT2D eigenvalue weighted by Gasteiger charge is -2.08. The summed E-state index contributed by atoms with van der Waals surface area (Å²) in [5, 5.41) is 2.61. The fraction of sp³-hybridized carbons (Fsp3) is 0.0435. The summed E-state index contributed by atoms with van der Waals surface area (Å²) in [6, 6.07) is 23.3. The van der Waals surface area contributed by atoms with Crippen LogP contribution in [0.3, 0.4) is 0 Å². The first-order chi connectivity index (χ1) is 15.0. The number of fused-ring (bicyclic) bond motifs is 1. The van der Waals surface area contributed by atoms with E-state index in [1.807, 2.05) is 48.5 Å². The molecule has 7 nitrogen and oxygen atoms in total. The number of benzene rings is 2. The second-order valence-electron chi connectivity index (χ2n) is 6.73. The van der Waals surface area contributed by atoms with Crippen LogP contribution < -0.4 is 5.32 Å². The van der Waals surface area contributed by atoms with Gasteiger partial charge in [-0.15, -0.1) is 0 Å². The van der Waals surface area contributed by atoms with Crippen molar-refractivity contribution >= 4 is 34.3 Å². The van der Waals surface area contributed by atoms with Gasteiger partial charge in [0.25, 0.3) is 11.7 Å². The largest absolute Gasteiger partial charge is 0.319 e. The molecule has 4 rings (SSSR count). The van der Waals surface area contributed by atoms with Crippen LogP contribution in [0.1, 0.15) is 16.1 Å². The lowest BCUT2D eigenvalue weighted by Crippen LogP contribution is -2.24. The van der Waals surface area contributed by atoms with E-state index in [-0.39, 0.29) is 12.3 Å². The second kappa shape index (κ2) is 9.05. The molecule has 0 aliphatic carbocycles. The van der Waals surface area contributed by atoms with E-state index in [1.54, 1.807) is 40.9 Å². The Balaban J connectivity index is 1.61. The van der Waals surface area contributed by atoms with Crippen molar-refractivity contribution in [3.8, 4) is 11.1 Å². The minimum absolute atomic E-state index is 0.0488. The van der Waals surface area contributed by atoms with Crippen LogP contribution in [-0.4, -0.2) is 24.9 Å². The third kappa shape index (κ3) is 4.61. The molecule has 0 fully saturated rings. The van der Waals surface area contributed by atoms with Gasteiger partial charge in [0.15, 0.2) is 0 Å². The number of amides is 1. The van der Waals surface area contributed by atoms with Crippen molar-refractivity contribution in [2.75, 3.05) is 5.32 Å². The number of hydrogen-bond donors (Lipinski definition) is 2. The van der Waals surface area contributed by atoms with Crippen LogP contribution in [0.5, 0.6) is 0 Å². The Labute approximate surface area is 180 Å². The summed E-state index contributed by atoms with van der Waals surface area (Å²) >= 11 is -2.35. The molecule has 2 aromatic carbocycles. The molecule has 1 atom stereocenters. The highest BCUT2D eigenvalue weighted by atomic mass is 32.2. The average Bonchev–Trinajstić information content (AvgIpc) is 3.18. The summed E-state index contributed by atoms with van der Waals surface area (Å²) in [6.45, 7) is -0.0488. The van der Waals surface area contributed by atoms with Gasteiger partial charge in [0.2, 0.25) is 0 Å². The third-order valence-electron chi connectivity index (χ3n) is 4.72. The maximum Gasteiger partial charge on any atom is 0.302 e. The molecule has 4 aromatic rings. The number of carbonyl (C=O) groups excluding carboxylic acids is 2. The lowest BCUT2D eigenvalue weighted by molar-refractivity contribution is -0.112. The summed E-state index contributed by atoms with van der Waals surface area (Å²) in [4.78, 5) is 25.9. The number of ketones is 1. The van der Waals surface area contributed by atoms with Crippen molar-refractivity contribution in [1.82, 2.24) is 4.40 Å². The van der Waals surface area contributed by atoms with E-state index >= 15 is 0 Å². The van der Waals surface area contributed by atoms with E-state index in [1.165, 1.54) is 0 Å². The van der Waals surface area contributed by atoms with Crippen molar-refractivity contribution in [1.29, 1.82) is 0 Å². The highest BCUT2D eigenvalue weighted by molar-refractivity contribution is 7.74. The van der Waals surface area contributed by atoms with Gasteiger partial charge in [-0.25, -0.2) is 0 Å². The SMILES string of the molecule is O=C(Nc1ccc(COS(=O)O)cc1)C(=O)c1c(-c2ccccc2)cc2ccccn12. The van der Waals surface area contributed by atoms with Crippen LogP contribution in [-0.2, 0) is 26.9 Å². The fourth-order valence-corrected chi connectivity index (χ4v) is 3.53. The third-order valence-corrected chi connectivity index (χ3v) is 5.04. The Morgan fingerprint density at radius 3 is 2.39 bits per heavy atom. The minimum atomic E-state index is -2.35. The molecule has 0 saturated carbocycles. The monoisotopic (exact) mass is 434 g/mol. The predicted molar refractivity (Wildman–Crippen MR) is 118 cm³/mol. The molecular formula is C23H18N2O5S. The van der Waals surface area contributed by atoms with Crippen LogP contribution >= 0.6 is 0 Å². The summed E-state index contributed by atoms with van der Waals surface area (Å²) in [7, 11) is 0. The van der Waals surface area contributed by atoms with Crippen LogP contribution in [0.15, 0.2) is 85.1 Å². The quantitative estimate of drug-likeness (QED) is 0.260. The average molecular weight is 434 g/mol. The van der Waals surface area contributed by atoms with Gasteiger partial charge in [-0.2, -0.15) is 4.21 Å². The molecule has 156 valence electrons. The van der Waals surface area contributed by atoms with E-state index < -0.39 is 23.1 Å². The Morgan fingerprint density at radius 1 is 0.968 bits per heavy atom. The first kappa shape index (κ1) is 20.7. The molecule has 8 heteroatoms. The van der Waals surface area contributed by atoms with E-state index in [0.29, 0.717) is 16.8 Å². The number of nitrogens with one attached hydrogen (secondary N) is 1. The van der Waals surface area contributed by atoms with Gasteiger partial charge < -0.3 is 9.72 Å². The molecule has 0 bridgehead atoms. The van der Waals surface area contributed by atoms with Gasteiger partial charge in [0.1, 0.15) is 5.69 Å². The Bertz CT molecular complexity index is 1270. The number of rotatable bonds is 7. The number of pyridine rings is 1. The number of nitrogens with zero attached hydrogens (tertiary/aromatic N) is 1.